The second-order valence-electron chi connectivity index (χ2n) is 23.2. The Labute approximate surface area is 479 Å². The van der Waals surface area contributed by atoms with Gasteiger partial charge in [0.2, 0.25) is 0 Å². The molecule has 0 bridgehead atoms. The average molecular weight is 1170 g/mol. The summed E-state index contributed by atoms with van der Waals surface area (Å²) in [7, 11) is -9.88. The van der Waals surface area contributed by atoms with E-state index in [4.69, 9.17) is 37.0 Å². The molecular formula is C60H116O17P2. The fourth-order valence-electron chi connectivity index (χ4n) is 8.77. The number of aliphatic hydroxyl groups is 1. The number of aliphatic hydroxyl groups excluding tert-OH is 1. The van der Waals surface area contributed by atoms with Gasteiger partial charge in [0.05, 0.1) is 26.4 Å². The standard InChI is InChI=1S/C60H116O17P2/c1-8-9-10-11-12-19-27-34-41-57(62)70-48-56(77-60(65)44-37-30-23-22-26-33-40-53(6)7)50-75-79(68,69)73-46-54(61)45-72-78(66,67)74-49-55(76-59(64)43-36-29-21-16-14-18-25-32-39-52(4)5)47-71-58(63)42-35-28-20-15-13-17-24-31-38-51(2)3/h51-56,61H,8-50H2,1-7H3,(H,66,67)(H,68,69)/t54-,55-,56-/m1/s1. The van der Waals surface area contributed by atoms with E-state index in [1.807, 2.05) is 0 Å². The van der Waals surface area contributed by atoms with Gasteiger partial charge in [-0.25, -0.2) is 9.13 Å². The normalized spacial score (nSPS) is 14.5. The summed E-state index contributed by atoms with van der Waals surface area (Å²) in [5.74, 6) is -0.0353. The van der Waals surface area contributed by atoms with Crippen LogP contribution in [0.3, 0.4) is 0 Å². The van der Waals surface area contributed by atoms with Crippen molar-refractivity contribution < 1.29 is 80.2 Å². The van der Waals surface area contributed by atoms with Gasteiger partial charge < -0.3 is 33.8 Å². The van der Waals surface area contributed by atoms with Gasteiger partial charge in [-0.05, 0) is 43.4 Å². The van der Waals surface area contributed by atoms with Gasteiger partial charge in [-0.2, -0.15) is 0 Å². The summed E-state index contributed by atoms with van der Waals surface area (Å²) < 4.78 is 67.7. The molecular weight excluding hydrogens is 1050 g/mol. The predicted octanol–water partition coefficient (Wildman–Crippen LogP) is 15.9. The predicted molar refractivity (Wildman–Crippen MR) is 312 cm³/mol. The van der Waals surface area contributed by atoms with Crippen LogP contribution >= 0.6 is 15.6 Å². The molecule has 0 aromatic rings. The van der Waals surface area contributed by atoms with Crippen LogP contribution < -0.4 is 0 Å². The van der Waals surface area contributed by atoms with E-state index in [0.29, 0.717) is 31.6 Å². The Morgan fingerprint density at radius 1 is 0.342 bits per heavy atom. The van der Waals surface area contributed by atoms with Crippen molar-refractivity contribution in [1.82, 2.24) is 0 Å². The summed E-state index contributed by atoms with van der Waals surface area (Å²) in [6.07, 6.45) is 31.0. The molecule has 0 aliphatic rings. The summed E-state index contributed by atoms with van der Waals surface area (Å²) >= 11 is 0. The molecule has 0 heterocycles. The van der Waals surface area contributed by atoms with E-state index in [0.717, 1.165) is 108 Å². The highest BCUT2D eigenvalue weighted by Crippen LogP contribution is 2.45. The van der Waals surface area contributed by atoms with Crippen molar-refractivity contribution in [1.29, 1.82) is 0 Å². The van der Waals surface area contributed by atoms with Gasteiger partial charge in [0, 0.05) is 25.7 Å². The topological polar surface area (TPSA) is 237 Å². The van der Waals surface area contributed by atoms with Gasteiger partial charge in [0.25, 0.3) is 0 Å². The third-order valence-corrected chi connectivity index (χ3v) is 15.5. The Morgan fingerprint density at radius 3 is 0.861 bits per heavy atom. The molecule has 468 valence electrons. The summed E-state index contributed by atoms with van der Waals surface area (Å²) in [6.45, 7) is 11.6. The average Bonchev–Trinajstić information content (AvgIpc) is 3.39. The van der Waals surface area contributed by atoms with E-state index in [-0.39, 0.29) is 25.7 Å². The van der Waals surface area contributed by atoms with E-state index in [9.17, 15) is 43.2 Å². The molecule has 0 fully saturated rings. The molecule has 0 radical (unpaired) electrons. The molecule has 0 saturated heterocycles. The number of esters is 4. The number of phosphoric ester groups is 2. The molecule has 0 saturated carbocycles. The highest BCUT2D eigenvalue weighted by Gasteiger charge is 2.30. The second-order valence-corrected chi connectivity index (χ2v) is 26.1. The quantitative estimate of drug-likeness (QED) is 0.0222. The third-order valence-electron chi connectivity index (χ3n) is 13.6. The largest absolute Gasteiger partial charge is 0.472 e. The van der Waals surface area contributed by atoms with Crippen LogP contribution in [-0.2, 0) is 65.4 Å². The molecule has 17 nitrogen and oxygen atoms in total. The maximum Gasteiger partial charge on any atom is 0.472 e. The molecule has 19 heteroatoms. The summed E-state index contributed by atoms with van der Waals surface area (Å²) in [6, 6.07) is 0. The Balaban J connectivity index is 5.23. The fourth-order valence-corrected chi connectivity index (χ4v) is 10.4. The maximum atomic E-state index is 12.9. The van der Waals surface area contributed by atoms with Crippen LogP contribution in [0.15, 0.2) is 0 Å². The Kier molecular flexibility index (Phi) is 50.4. The van der Waals surface area contributed by atoms with Crippen molar-refractivity contribution >= 4 is 39.5 Å². The summed E-state index contributed by atoms with van der Waals surface area (Å²) in [5, 5.41) is 10.5. The summed E-state index contributed by atoms with van der Waals surface area (Å²) in [5.41, 5.74) is 0. The smallest absolute Gasteiger partial charge is 0.462 e. The van der Waals surface area contributed by atoms with Gasteiger partial charge in [-0.1, -0.05) is 235 Å². The van der Waals surface area contributed by atoms with Crippen LogP contribution in [0, 0.1) is 17.8 Å². The number of unbranched alkanes of at least 4 members (excludes halogenated alkanes) is 26. The van der Waals surface area contributed by atoms with E-state index in [1.165, 1.54) is 89.9 Å². The number of carbonyl (C=O) groups is 4. The minimum Gasteiger partial charge on any atom is -0.462 e. The van der Waals surface area contributed by atoms with Gasteiger partial charge in [0.15, 0.2) is 12.2 Å². The highest BCUT2D eigenvalue weighted by molar-refractivity contribution is 7.47. The van der Waals surface area contributed by atoms with E-state index in [2.05, 4.69) is 48.5 Å². The zero-order chi connectivity index (χ0) is 58.8. The monoisotopic (exact) mass is 1170 g/mol. The van der Waals surface area contributed by atoms with Crippen molar-refractivity contribution in [2.75, 3.05) is 39.6 Å². The number of phosphoric acid groups is 2. The lowest BCUT2D eigenvalue weighted by atomic mass is 10.0. The first-order chi connectivity index (χ1) is 37.7. The van der Waals surface area contributed by atoms with Crippen LogP contribution in [0.2, 0.25) is 0 Å². The van der Waals surface area contributed by atoms with Crippen molar-refractivity contribution in [3.8, 4) is 0 Å². The molecule has 0 aliphatic carbocycles. The van der Waals surface area contributed by atoms with E-state index >= 15 is 0 Å². The minimum absolute atomic E-state index is 0.101. The number of ether oxygens (including phenoxy) is 4. The van der Waals surface area contributed by atoms with Crippen molar-refractivity contribution in [2.24, 2.45) is 17.8 Å². The van der Waals surface area contributed by atoms with Gasteiger partial charge in [-0.3, -0.25) is 37.3 Å². The Morgan fingerprint density at radius 2 is 0.582 bits per heavy atom. The number of rotatable bonds is 58. The first-order valence-corrected chi connectivity index (χ1v) is 34.3. The molecule has 0 spiro atoms. The van der Waals surface area contributed by atoms with Crippen LogP contribution in [-0.4, -0.2) is 96.7 Å². The SMILES string of the molecule is CCCCCCCCCCC(=O)OC[C@H](COP(=O)(O)OC[C@H](O)COP(=O)(O)OC[C@@H](COC(=O)CCCCCCCCCCC(C)C)OC(=O)CCCCCCCCCCC(C)C)OC(=O)CCCCCCCCC(C)C. The molecule has 0 rings (SSSR count). The lowest BCUT2D eigenvalue weighted by molar-refractivity contribution is -0.161. The molecule has 5 atom stereocenters. The lowest BCUT2D eigenvalue weighted by Crippen LogP contribution is -2.30. The van der Waals surface area contributed by atoms with Crippen LogP contribution in [0.4, 0.5) is 0 Å². The zero-order valence-electron chi connectivity index (χ0n) is 50.8. The van der Waals surface area contributed by atoms with E-state index in [1.54, 1.807) is 0 Å². The summed E-state index contributed by atoms with van der Waals surface area (Å²) in [4.78, 5) is 71.9. The number of hydrogen-bond acceptors (Lipinski definition) is 15. The van der Waals surface area contributed by atoms with Crippen LogP contribution in [0.1, 0.15) is 286 Å². The van der Waals surface area contributed by atoms with Crippen molar-refractivity contribution in [2.45, 2.75) is 304 Å². The van der Waals surface area contributed by atoms with E-state index < -0.39 is 97.5 Å². The van der Waals surface area contributed by atoms with Crippen LogP contribution in [0.25, 0.3) is 0 Å². The minimum atomic E-state index is -4.94. The number of hydrogen-bond donors (Lipinski definition) is 3. The lowest BCUT2D eigenvalue weighted by Gasteiger charge is -2.21. The first kappa shape index (κ1) is 77.1. The molecule has 2 unspecified atom stereocenters. The fraction of sp³-hybridized carbons (Fsp3) is 0.933. The first-order valence-electron chi connectivity index (χ1n) is 31.3. The van der Waals surface area contributed by atoms with Gasteiger partial charge in [0.1, 0.15) is 19.3 Å². The second kappa shape index (κ2) is 51.7. The molecule has 0 aromatic carbocycles. The Hall–Kier alpha value is -1.94. The third kappa shape index (κ3) is 55.0. The zero-order valence-corrected chi connectivity index (χ0v) is 52.6. The number of carbonyl (C=O) groups excluding carboxylic acids is 4. The van der Waals surface area contributed by atoms with Crippen LogP contribution in [0.5, 0.6) is 0 Å². The highest BCUT2D eigenvalue weighted by atomic mass is 31.2. The van der Waals surface area contributed by atoms with Gasteiger partial charge >= 0.3 is 39.5 Å². The van der Waals surface area contributed by atoms with Crippen molar-refractivity contribution in [3.05, 3.63) is 0 Å². The van der Waals surface area contributed by atoms with Gasteiger partial charge in [-0.15, -0.1) is 0 Å². The van der Waals surface area contributed by atoms with Crippen molar-refractivity contribution in [3.63, 3.8) is 0 Å². The molecule has 0 amide bonds. The maximum absolute atomic E-state index is 12.9. The Bertz CT molecular complexity index is 1580. The molecule has 0 aliphatic heterocycles. The molecule has 3 N–H and O–H groups in total. The molecule has 0 aromatic heterocycles. The molecule has 79 heavy (non-hydrogen) atoms.